The van der Waals surface area contributed by atoms with Crippen molar-refractivity contribution in [3.05, 3.63) is 30.3 Å². The third-order valence-electron chi connectivity index (χ3n) is 5.57. The lowest BCUT2D eigenvalue weighted by Gasteiger charge is -2.42. The number of para-hydroxylation sites is 1. The van der Waals surface area contributed by atoms with Crippen molar-refractivity contribution in [2.24, 2.45) is 11.8 Å². The van der Waals surface area contributed by atoms with Crippen LogP contribution in [-0.2, 0) is 4.79 Å². The zero-order valence-electron chi connectivity index (χ0n) is 14.8. The number of ether oxygens (including phenoxy) is 1. The fourth-order valence-corrected chi connectivity index (χ4v) is 4.09. The second kappa shape index (κ2) is 7.04. The third kappa shape index (κ3) is 3.23. The summed E-state index contributed by atoms with van der Waals surface area (Å²) in [5, 5.41) is 13.2. The van der Waals surface area contributed by atoms with Crippen molar-refractivity contribution in [2.75, 3.05) is 13.2 Å². The van der Waals surface area contributed by atoms with Crippen molar-refractivity contribution >= 4 is 11.9 Å². The molecule has 3 rings (SSSR count). The molecule has 1 aliphatic carbocycles. The van der Waals surface area contributed by atoms with E-state index in [2.05, 4.69) is 5.32 Å². The fraction of sp³-hybridized carbons (Fsp3) is 0.579. The molecule has 1 aliphatic heterocycles. The SMILES string of the molecule is C[C@@H]1CCC[C@@H](C)C12NC(=O)N(C[C@H](O)COc1ccccc1)C2=O. The number of imide groups is 1. The first-order valence-electron chi connectivity index (χ1n) is 8.95. The number of carbonyl (C=O) groups excluding carboxylic acids is 2. The highest BCUT2D eigenvalue weighted by Crippen LogP contribution is 2.42. The maximum absolute atomic E-state index is 13.0. The minimum Gasteiger partial charge on any atom is -0.491 e. The summed E-state index contributed by atoms with van der Waals surface area (Å²) < 4.78 is 5.51. The molecule has 0 aromatic heterocycles. The van der Waals surface area contributed by atoms with Crippen molar-refractivity contribution in [2.45, 2.75) is 44.8 Å². The van der Waals surface area contributed by atoms with Gasteiger partial charge in [0.15, 0.2) is 0 Å². The van der Waals surface area contributed by atoms with Crippen LogP contribution < -0.4 is 10.1 Å². The van der Waals surface area contributed by atoms with Crippen molar-refractivity contribution in [3.8, 4) is 5.75 Å². The maximum Gasteiger partial charge on any atom is 0.325 e. The Morgan fingerprint density at radius 3 is 2.52 bits per heavy atom. The molecule has 2 fully saturated rings. The van der Waals surface area contributed by atoms with Gasteiger partial charge in [-0.2, -0.15) is 0 Å². The van der Waals surface area contributed by atoms with Gasteiger partial charge in [-0.15, -0.1) is 0 Å². The monoisotopic (exact) mass is 346 g/mol. The molecule has 2 N–H and O–H groups in total. The number of nitrogens with one attached hydrogen (secondary N) is 1. The van der Waals surface area contributed by atoms with Gasteiger partial charge in [0.05, 0.1) is 6.54 Å². The summed E-state index contributed by atoms with van der Waals surface area (Å²) in [4.78, 5) is 26.6. The highest BCUT2D eigenvalue weighted by molar-refractivity contribution is 6.07. The van der Waals surface area contributed by atoms with E-state index in [0.717, 1.165) is 24.2 Å². The van der Waals surface area contributed by atoms with E-state index >= 15 is 0 Å². The number of aliphatic hydroxyl groups is 1. The van der Waals surface area contributed by atoms with Crippen LogP contribution in [0.4, 0.5) is 4.79 Å². The Labute approximate surface area is 148 Å². The minimum absolute atomic E-state index is 0.0270. The molecule has 3 atom stereocenters. The summed E-state index contributed by atoms with van der Waals surface area (Å²) in [5.41, 5.74) is -0.824. The van der Waals surface area contributed by atoms with Crippen LogP contribution in [0.1, 0.15) is 33.1 Å². The number of hydrogen-bond donors (Lipinski definition) is 2. The van der Waals surface area contributed by atoms with Crippen LogP contribution in [0, 0.1) is 11.8 Å². The first kappa shape index (κ1) is 17.7. The number of benzene rings is 1. The van der Waals surface area contributed by atoms with Gasteiger partial charge in [0.25, 0.3) is 5.91 Å². The smallest absolute Gasteiger partial charge is 0.325 e. The van der Waals surface area contributed by atoms with Crippen molar-refractivity contribution in [1.82, 2.24) is 10.2 Å². The van der Waals surface area contributed by atoms with Gasteiger partial charge in [-0.25, -0.2) is 4.79 Å². The summed E-state index contributed by atoms with van der Waals surface area (Å²) in [6.45, 7) is 4.01. The van der Waals surface area contributed by atoms with E-state index in [1.54, 1.807) is 12.1 Å². The highest BCUT2D eigenvalue weighted by atomic mass is 16.5. The van der Waals surface area contributed by atoms with Crippen LogP contribution in [0.5, 0.6) is 5.75 Å². The van der Waals surface area contributed by atoms with Gasteiger partial charge in [0.1, 0.15) is 24.0 Å². The first-order valence-corrected chi connectivity index (χ1v) is 8.95. The second-order valence-electron chi connectivity index (χ2n) is 7.23. The largest absolute Gasteiger partial charge is 0.491 e. The van der Waals surface area contributed by atoms with Gasteiger partial charge >= 0.3 is 6.03 Å². The topological polar surface area (TPSA) is 78.9 Å². The predicted molar refractivity (Wildman–Crippen MR) is 93.1 cm³/mol. The fourth-order valence-electron chi connectivity index (χ4n) is 4.09. The number of urea groups is 1. The van der Waals surface area contributed by atoms with Crippen LogP contribution in [0.15, 0.2) is 30.3 Å². The highest BCUT2D eigenvalue weighted by Gasteiger charge is 2.58. The van der Waals surface area contributed by atoms with Crippen LogP contribution in [0.2, 0.25) is 0 Å². The summed E-state index contributed by atoms with van der Waals surface area (Å²) >= 11 is 0. The Balaban J connectivity index is 1.64. The standard InChI is InChI=1S/C19H26N2O4/c1-13-7-6-8-14(2)19(13)17(23)21(18(24)20-19)11-15(22)12-25-16-9-4-3-5-10-16/h3-5,9-10,13-15,22H,6-8,11-12H2,1-2H3,(H,20,24)/t13-,14-,15+/m1/s1. The van der Waals surface area contributed by atoms with E-state index in [9.17, 15) is 14.7 Å². The average molecular weight is 346 g/mol. The van der Waals surface area contributed by atoms with Crippen LogP contribution in [0.25, 0.3) is 0 Å². The van der Waals surface area contributed by atoms with Crippen molar-refractivity contribution in [1.29, 1.82) is 0 Å². The maximum atomic E-state index is 13.0. The predicted octanol–water partition coefficient (Wildman–Crippen LogP) is 2.17. The number of β-amino-alcohol motifs (C(OH)–C–C–N with tert-alkyl or cyclic N) is 1. The number of aliphatic hydroxyl groups excluding tert-OH is 1. The Morgan fingerprint density at radius 1 is 1.24 bits per heavy atom. The Hall–Kier alpha value is -2.08. The molecule has 1 aromatic rings. The van der Waals surface area contributed by atoms with Gasteiger partial charge in [0, 0.05) is 0 Å². The first-order chi connectivity index (χ1) is 11.9. The molecule has 0 bridgehead atoms. The van der Waals surface area contributed by atoms with Crippen LogP contribution >= 0.6 is 0 Å². The molecule has 1 saturated carbocycles. The normalized spacial score (nSPS) is 26.6. The zero-order valence-corrected chi connectivity index (χ0v) is 14.8. The third-order valence-corrected chi connectivity index (χ3v) is 5.57. The summed E-state index contributed by atoms with van der Waals surface area (Å²) in [5.74, 6) is 0.617. The number of carbonyl (C=O) groups is 2. The second-order valence-corrected chi connectivity index (χ2v) is 7.23. The number of hydrogen-bond acceptors (Lipinski definition) is 4. The molecule has 25 heavy (non-hydrogen) atoms. The lowest BCUT2D eigenvalue weighted by molar-refractivity contribution is -0.137. The molecule has 1 spiro atoms. The molecule has 136 valence electrons. The average Bonchev–Trinajstić information content (AvgIpc) is 2.85. The van der Waals surface area contributed by atoms with E-state index < -0.39 is 17.7 Å². The van der Waals surface area contributed by atoms with Crippen molar-refractivity contribution in [3.63, 3.8) is 0 Å². The molecule has 6 heteroatoms. The molecule has 6 nitrogen and oxygen atoms in total. The van der Waals surface area contributed by atoms with Crippen LogP contribution in [-0.4, -0.2) is 46.7 Å². The molecule has 2 aliphatic rings. The lowest BCUT2D eigenvalue weighted by atomic mass is 9.67. The number of nitrogens with zero attached hydrogens (tertiary/aromatic N) is 1. The zero-order chi connectivity index (χ0) is 18.0. The molecular weight excluding hydrogens is 320 g/mol. The summed E-state index contributed by atoms with van der Waals surface area (Å²) in [7, 11) is 0. The molecule has 1 aromatic carbocycles. The number of amides is 3. The molecule has 0 radical (unpaired) electrons. The summed E-state index contributed by atoms with van der Waals surface area (Å²) in [6, 6.07) is 8.73. The van der Waals surface area contributed by atoms with E-state index in [0.29, 0.717) is 5.75 Å². The van der Waals surface area contributed by atoms with Crippen LogP contribution in [0.3, 0.4) is 0 Å². The Morgan fingerprint density at radius 2 is 1.88 bits per heavy atom. The van der Waals surface area contributed by atoms with E-state index in [1.165, 1.54) is 0 Å². The van der Waals surface area contributed by atoms with Gasteiger partial charge < -0.3 is 15.2 Å². The summed E-state index contributed by atoms with van der Waals surface area (Å²) in [6.07, 6.45) is 1.98. The minimum atomic E-state index is -0.931. The van der Waals surface area contributed by atoms with E-state index in [-0.39, 0.29) is 30.9 Å². The quantitative estimate of drug-likeness (QED) is 0.801. The Bertz CT molecular complexity index is 624. The molecule has 0 unspecified atom stereocenters. The Kier molecular flexibility index (Phi) is 4.99. The van der Waals surface area contributed by atoms with Gasteiger partial charge in [-0.1, -0.05) is 38.5 Å². The van der Waals surface area contributed by atoms with Gasteiger partial charge in [-0.05, 0) is 36.8 Å². The van der Waals surface area contributed by atoms with Crippen molar-refractivity contribution < 1.29 is 19.4 Å². The van der Waals surface area contributed by atoms with Gasteiger partial charge in [0.2, 0.25) is 0 Å². The number of rotatable bonds is 5. The molecule has 1 heterocycles. The molecule has 1 saturated heterocycles. The van der Waals surface area contributed by atoms with E-state index in [4.69, 9.17) is 4.74 Å². The lowest BCUT2D eigenvalue weighted by Crippen LogP contribution is -2.59. The molecular formula is C19H26N2O4. The van der Waals surface area contributed by atoms with Gasteiger partial charge in [-0.3, -0.25) is 9.69 Å². The molecule has 3 amide bonds. The van der Waals surface area contributed by atoms with E-state index in [1.807, 2.05) is 32.0 Å².